The minimum atomic E-state index is -0.301. The van der Waals surface area contributed by atoms with Crippen molar-refractivity contribution >= 4 is 12.1 Å². The Labute approximate surface area is 97.8 Å². The van der Waals surface area contributed by atoms with Gasteiger partial charge in [-0.3, -0.25) is 4.79 Å². The number of rotatable bonds is 3. The van der Waals surface area contributed by atoms with Crippen LogP contribution in [-0.2, 0) is 0 Å². The van der Waals surface area contributed by atoms with Gasteiger partial charge in [-0.25, -0.2) is 5.43 Å². The third kappa shape index (κ3) is 2.94. The summed E-state index contributed by atoms with van der Waals surface area (Å²) in [4.78, 5) is 14.2. The Morgan fingerprint density at radius 2 is 2.06 bits per heavy atom. The number of carbonyl (C=O) groups is 1. The second-order valence-electron chi connectivity index (χ2n) is 3.37. The molecule has 1 aromatic heterocycles. The third-order valence-corrected chi connectivity index (χ3v) is 2.12. The van der Waals surface area contributed by atoms with Crippen LogP contribution in [0.25, 0.3) is 0 Å². The van der Waals surface area contributed by atoms with Gasteiger partial charge in [-0.2, -0.15) is 5.10 Å². The summed E-state index contributed by atoms with van der Waals surface area (Å²) in [6.45, 7) is 0. The van der Waals surface area contributed by atoms with E-state index in [1.54, 1.807) is 42.6 Å². The predicted octanol–water partition coefficient (Wildman–Crippen LogP) is 1.48. The van der Waals surface area contributed by atoms with Gasteiger partial charge in [0, 0.05) is 6.20 Å². The van der Waals surface area contributed by atoms with Gasteiger partial charge in [0.1, 0.15) is 11.4 Å². The number of benzene rings is 1. The number of carbonyl (C=O) groups excluding carboxylic acids is 1. The lowest BCUT2D eigenvalue weighted by molar-refractivity contribution is 0.0951. The van der Waals surface area contributed by atoms with Crippen molar-refractivity contribution in [1.29, 1.82) is 0 Å². The Morgan fingerprint density at radius 3 is 2.71 bits per heavy atom. The topological polar surface area (TPSA) is 77.5 Å². The summed E-state index contributed by atoms with van der Waals surface area (Å²) in [6, 6.07) is 9.88. The molecule has 5 heteroatoms. The molecular weight excluding hydrogens is 218 g/mol. The number of nitrogens with zero attached hydrogens (tertiary/aromatic N) is 1. The Morgan fingerprint density at radius 1 is 1.29 bits per heavy atom. The number of nitrogens with one attached hydrogen (secondary N) is 2. The summed E-state index contributed by atoms with van der Waals surface area (Å²) >= 11 is 0. The normalized spacial score (nSPS) is 10.6. The van der Waals surface area contributed by atoms with Crippen LogP contribution in [0, 0.1) is 0 Å². The molecule has 0 unspecified atom stereocenters. The Kier molecular flexibility index (Phi) is 3.20. The summed E-state index contributed by atoms with van der Waals surface area (Å²) in [5.74, 6) is -0.109. The summed E-state index contributed by atoms with van der Waals surface area (Å²) < 4.78 is 0. The van der Waals surface area contributed by atoms with Gasteiger partial charge >= 0.3 is 0 Å². The van der Waals surface area contributed by atoms with Gasteiger partial charge in [0.2, 0.25) is 0 Å². The van der Waals surface area contributed by atoms with E-state index in [1.807, 2.05) is 0 Å². The van der Waals surface area contributed by atoms with Crippen LogP contribution >= 0.6 is 0 Å². The first kappa shape index (κ1) is 10.9. The number of hydrogen-bond donors (Lipinski definition) is 3. The highest BCUT2D eigenvalue weighted by Crippen LogP contribution is 2.07. The zero-order valence-electron chi connectivity index (χ0n) is 8.92. The zero-order chi connectivity index (χ0) is 12.1. The minimum absolute atomic E-state index is 0.192. The second-order valence-corrected chi connectivity index (χ2v) is 3.37. The van der Waals surface area contributed by atoms with Gasteiger partial charge in [-0.05, 0) is 42.0 Å². The van der Waals surface area contributed by atoms with E-state index in [0.717, 1.165) is 5.56 Å². The fourth-order valence-electron chi connectivity index (χ4n) is 1.26. The van der Waals surface area contributed by atoms with Gasteiger partial charge in [0.15, 0.2) is 0 Å². The lowest BCUT2D eigenvalue weighted by Crippen LogP contribution is -2.17. The molecule has 1 heterocycles. The molecular formula is C12H11N3O2. The molecule has 0 aliphatic heterocycles. The monoisotopic (exact) mass is 229 g/mol. The summed E-state index contributed by atoms with van der Waals surface area (Å²) in [7, 11) is 0. The first-order chi connectivity index (χ1) is 8.25. The van der Waals surface area contributed by atoms with E-state index in [0.29, 0.717) is 5.69 Å². The highest BCUT2D eigenvalue weighted by Gasteiger charge is 2.02. The summed E-state index contributed by atoms with van der Waals surface area (Å²) in [5, 5.41) is 12.9. The van der Waals surface area contributed by atoms with Crippen molar-refractivity contribution in [2.24, 2.45) is 5.10 Å². The third-order valence-electron chi connectivity index (χ3n) is 2.12. The number of aromatic hydroxyl groups is 1. The number of aromatic nitrogens is 1. The molecule has 0 bridgehead atoms. The van der Waals surface area contributed by atoms with Crippen molar-refractivity contribution in [1.82, 2.24) is 10.4 Å². The molecule has 0 atom stereocenters. The van der Waals surface area contributed by atoms with Crippen LogP contribution in [0.15, 0.2) is 47.7 Å². The van der Waals surface area contributed by atoms with E-state index in [9.17, 15) is 4.79 Å². The number of phenols is 1. The largest absolute Gasteiger partial charge is 0.508 e. The molecule has 2 rings (SSSR count). The van der Waals surface area contributed by atoms with Crippen molar-refractivity contribution in [3.63, 3.8) is 0 Å². The van der Waals surface area contributed by atoms with Crippen LogP contribution in [0.1, 0.15) is 16.1 Å². The van der Waals surface area contributed by atoms with Gasteiger partial charge in [-0.15, -0.1) is 0 Å². The number of H-pyrrole nitrogens is 1. The maximum atomic E-state index is 11.5. The maximum Gasteiger partial charge on any atom is 0.287 e. The quantitative estimate of drug-likeness (QED) is 0.550. The molecule has 0 spiro atoms. The van der Waals surface area contributed by atoms with Crippen molar-refractivity contribution in [3.05, 3.63) is 53.9 Å². The average molecular weight is 229 g/mol. The first-order valence-corrected chi connectivity index (χ1v) is 5.01. The number of aromatic amines is 1. The molecule has 1 aromatic carbocycles. The predicted molar refractivity (Wildman–Crippen MR) is 64.0 cm³/mol. The van der Waals surface area contributed by atoms with E-state index in [4.69, 9.17) is 5.11 Å². The molecule has 1 amide bonds. The molecule has 17 heavy (non-hydrogen) atoms. The number of hydrazone groups is 1. The molecule has 0 aliphatic rings. The highest BCUT2D eigenvalue weighted by molar-refractivity contribution is 5.93. The van der Waals surface area contributed by atoms with E-state index in [1.165, 1.54) is 6.21 Å². The van der Waals surface area contributed by atoms with Crippen LogP contribution in [0.5, 0.6) is 5.75 Å². The van der Waals surface area contributed by atoms with Gasteiger partial charge in [0.25, 0.3) is 5.91 Å². The van der Waals surface area contributed by atoms with Crippen molar-refractivity contribution in [3.8, 4) is 5.75 Å². The summed E-state index contributed by atoms with van der Waals surface area (Å²) in [5.41, 5.74) is 3.62. The van der Waals surface area contributed by atoms with Crippen LogP contribution in [0.3, 0.4) is 0 Å². The van der Waals surface area contributed by atoms with Crippen molar-refractivity contribution < 1.29 is 9.90 Å². The smallest absolute Gasteiger partial charge is 0.287 e. The number of hydrogen-bond acceptors (Lipinski definition) is 3. The Hall–Kier alpha value is -2.56. The Bertz CT molecular complexity index is 515. The van der Waals surface area contributed by atoms with E-state index < -0.39 is 0 Å². The summed E-state index contributed by atoms with van der Waals surface area (Å²) in [6.07, 6.45) is 3.17. The average Bonchev–Trinajstić information content (AvgIpc) is 2.85. The highest BCUT2D eigenvalue weighted by atomic mass is 16.3. The lowest BCUT2D eigenvalue weighted by atomic mass is 10.2. The second kappa shape index (κ2) is 4.98. The molecule has 0 saturated carbocycles. The van der Waals surface area contributed by atoms with Gasteiger partial charge in [-0.1, -0.05) is 0 Å². The molecule has 2 aromatic rings. The molecule has 0 radical (unpaired) electrons. The lowest BCUT2D eigenvalue weighted by Gasteiger charge is -1.96. The van der Waals surface area contributed by atoms with Crippen LogP contribution in [0.2, 0.25) is 0 Å². The van der Waals surface area contributed by atoms with E-state index in [2.05, 4.69) is 15.5 Å². The first-order valence-electron chi connectivity index (χ1n) is 5.01. The van der Waals surface area contributed by atoms with Gasteiger partial charge < -0.3 is 10.1 Å². The molecule has 86 valence electrons. The fraction of sp³-hybridized carbons (Fsp3) is 0. The molecule has 0 aliphatic carbocycles. The molecule has 0 saturated heterocycles. The molecule has 0 fully saturated rings. The van der Waals surface area contributed by atoms with E-state index in [-0.39, 0.29) is 11.7 Å². The van der Waals surface area contributed by atoms with E-state index >= 15 is 0 Å². The van der Waals surface area contributed by atoms with Gasteiger partial charge in [0.05, 0.1) is 6.21 Å². The van der Waals surface area contributed by atoms with Crippen LogP contribution in [-0.4, -0.2) is 22.2 Å². The van der Waals surface area contributed by atoms with Crippen molar-refractivity contribution in [2.75, 3.05) is 0 Å². The SMILES string of the molecule is O=C(N/N=C/c1ccc(O)cc1)c1ccc[nH]1. The van der Waals surface area contributed by atoms with Crippen LogP contribution < -0.4 is 5.43 Å². The zero-order valence-corrected chi connectivity index (χ0v) is 8.92. The minimum Gasteiger partial charge on any atom is -0.508 e. The standard InChI is InChI=1S/C12H11N3O2/c16-10-5-3-9(4-6-10)8-14-15-12(17)11-2-1-7-13-11/h1-8,13,16H,(H,15,17)/b14-8+. The molecule has 3 N–H and O–H groups in total. The maximum absolute atomic E-state index is 11.5. The Balaban J connectivity index is 1.94. The number of phenolic OH excluding ortho intramolecular Hbond substituents is 1. The van der Waals surface area contributed by atoms with Crippen molar-refractivity contribution in [2.45, 2.75) is 0 Å². The number of amides is 1. The fourth-order valence-corrected chi connectivity index (χ4v) is 1.26. The van der Waals surface area contributed by atoms with Crippen LogP contribution in [0.4, 0.5) is 0 Å². The molecule has 5 nitrogen and oxygen atoms in total.